The van der Waals surface area contributed by atoms with Crippen LogP contribution in [0.3, 0.4) is 0 Å². The Balaban J connectivity index is 1.79. The third-order valence-electron chi connectivity index (χ3n) is 5.04. The zero-order valence-corrected chi connectivity index (χ0v) is 20.1. The van der Waals surface area contributed by atoms with Crippen LogP contribution >= 0.6 is 0 Å². The number of benzene rings is 1. The molecule has 0 amide bonds. The summed E-state index contributed by atoms with van der Waals surface area (Å²) in [6, 6.07) is 6.72. The van der Waals surface area contributed by atoms with E-state index in [4.69, 9.17) is 14.0 Å². The topological polar surface area (TPSA) is 147 Å². The second-order valence-electron chi connectivity index (χ2n) is 7.51. The molecule has 4 aromatic rings. The molecule has 0 bridgehead atoms. The quantitative estimate of drug-likeness (QED) is 0.361. The number of hydrogen-bond donors (Lipinski definition) is 1. The SMILES string of the molecule is COc1cccc(OC)c1-n1c(NS(=O)(=O)C(C)Cc2ncc(F)cn2)nnc1-c1cc(C)no1. The van der Waals surface area contributed by atoms with Crippen molar-refractivity contribution in [2.24, 2.45) is 0 Å². The standard InChI is InChI=1S/C21H22FN7O5S/c1-12-8-17(34-27-12)20-25-26-21(29(20)19-15(32-3)6-5-7-16(19)33-4)28-35(30,31)13(2)9-18-23-10-14(22)11-24-18/h5-8,10-11,13H,9H2,1-4H3,(H,26,28). The Hall–Kier alpha value is -4.07. The Morgan fingerprint density at radius 1 is 1.14 bits per heavy atom. The maximum absolute atomic E-state index is 13.2. The van der Waals surface area contributed by atoms with Crippen LogP contribution in [0.2, 0.25) is 0 Å². The molecule has 0 saturated heterocycles. The van der Waals surface area contributed by atoms with Crippen molar-refractivity contribution in [3.05, 3.63) is 54.0 Å². The second-order valence-corrected chi connectivity index (χ2v) is 9.60. The van der Waals surface area contributed by atoms with Crippen molar-refractivity contribution in [2.45, 2.75) is 25.5 Å². The van der Waals surface area contributed by atoms with E-state index in [1.165, 1.54) is 25.7 Å². The summed E-state index contributed by atoms with van der Waals surface area (Å²) in [6.07, 6.45) is 1.90. The van der Waals surface area contributed by atoms with Crippen LogP contribution in [0.4, 0.5) is 10.3 Å². The van der Waals surface area contributed by atoms with Gasteiger partial charge in [-0.3, -0.25) is 9.29 Å². The number of sulfonamides is 1. The van der Waals surface area contributed by atoms with E-state index in [1.54, 1.807) is 31.2 Å². The van der Waals surface area contributed by atoms with Crippen LogP contribution in [0.25, 0.3) is 17.3 Å². The summed E-state index contributed by atoms with van der Waals surface area (Å²) in [5.41, 5.74) is 0.940. The highest BCUT2D eigenvalue weighted by atomic mass is 32.2. The van der Waals surface area contributed by atoms with Crippen molar-refractivity contribution in [1.29, 1.82) is 0 Å². The first-order valence-corrected chi connectivity index (χ1v) is 11.9. The Bertz CT molecular complexity index is 1410. The van der Waals surface area contributed by atoms with E-state index in [-0.39, 0.29) is 29.8 Å². The Morgan fingerprint density at radius 3 is 2.37 bits per heavy atom. The summed E-state index contributed by atoms with van der Waals surface area (Å²) in [5, 5.41) is 11.1. The van der Waals surface area contributed by atoms with Gasteiger partial charge in [0.2, 0.25) is 27.6 Å². The van der Waals surface area contributed by atoms with Crippen molar-refractivity contribution < 1.29 is 26.8 Å². The summed E-state index contributed by atoms with van der Waals surface area (Å²) in [4.78, 5) is 7.66. The number of aromatic nitrogens is 6. The van der Waals surface area contributed by atoms with Gasteiger partial charge in [-0.05, 0) is 26.0 Å². The lowest BCUT2D eigenvalue weighted by atomic mass is 10.2. The van der Waals surface area contributed by atoms with Gasteiger partial charge in [-0.25, -0.2) is 22.8 Å². The summed E-state index contributed by atoms with van der Waals surface area (Å²) in [7, 11) is -1.09. The molecule has 184 valence electrons. The van der Waals surface area contributed by atoms with E-state index in [2.05, 4.69) is 30.0 Å². The molecule has 3 aromatic heterocycles. The lowest BCUT2D eigenvalue weighted by Gasteiger charge is -2.18. The van der Waals surface area contributed by atoms with Crippen LogP contribution in [0.5, 0.6) is 11.5 Å². The first-order chi connectivity index (χ1) is 16.7. The number of halogens is 1. The van der Waals surface area contributed by atoms with E-state index in [0.717, 1.165) is 12.4 Å². The molecule has 1 aromatic carbocycles. The number of para-hydroxylation sites is 1. The highest BCUT2D eigenvalue weighted by Gasteiger charge is 2.29. The molecule has 35 heavy (non-hydrogen) atoms. The third kappa shape index (κ3) is 4.91. The van der Waals surface area contributed by atoms with Crippen LogP contribution in [-0.4, -0.2) is 57.8 Å². The molecule has 4 rings (SSSR count). The lowest BCUT2D eigenvalue weighted by Crippen LogP contribution is -2.29. The Morgan fingerprint density at radius 2 is 1.80 bits per heavy atom. The van der Waals surface area contributed by atoms with Crippen LogP contribution in [-0.2, 0) is 16.4 Å². The van der Waals surface area contributed by atoms with Crippen molar-refractivity contribution in [3.8, 4) is 28.8 Å². The maximum atomic E-state index is 13.2. The average Bonchev–Trinajstić information content (AvgIpc) is 3.45. The smallest absolute Gasteiger partial charge is 0.243 e. The van der Waals surface area contributed by atoms with Gasteiger partial charge in [0.25, 0.3) is 0 Å². The Labute approximate surface area is 200 Å². The van der Waals surface area contributed by atoms with Gasteiger partial charge in [0.15, 0.2) is 5.82 Å². The number of methoxy groups -OCH3 is 2. The van der Waals surface area contributed by atoms with Gasteiger partial charge in [-0.15, -0.1) is 10.2 Å². The van der Waals surface area contributed by atoms with Gasteiger partial charge >= 0.3 is 0 Å². The highest BCUT2D eigenvalue weighted by molar-refractivity contribution is 7.93. The van der Waals surface area contributed by atoms with Gasteiger partial charge in [0.1, 0.15) is 23.0 Å². The van der Waals surface area contributed by atoms with Gasteiger partial charge in [-0.2, -0.15) is 0 Å². The Kier molecular flexibility index (Phi) is 6.64. The largest absolute Gasteiger partial charge is 0.494 e. The normalized spacial score (nSPS) is 12.4. The molecule has 1 N–H and O–H groups in total. The predicted molar refractivity (Wildman–Crippen MR) is 122 cm³/mol. The van der Waals surface area contributed by atoms with Gasteiger partial charge < -0.3 is 14.0 Å². The molecule has 1 atom stereocenters. The molecule has 0 aliphatic rings. The summed E-state index contributed by atoms with van der Waals surface area (Å²) < 4.78 is 59.8. The van der Waals surface area contributed by atoms with E-state index >= 15 is 0 Å². The van der Waals surface area contributed by atoms with Crippen LogP contribution < -0.4 is 14.2 Å². The van der Waals surface area contributed by atoms with E-state index < -0.39 is 21.1 Å². The second kappa shape index (κ2) is 9.66. The van der Waals surface area contributed by atoms with Crippen molar-refractivity contribution >= 4 is 16.0 Å². The van der Waals surface area contributed by atoms with Gasteiger partial charge in [-0.1, -0.05) is 11.2 Å². The molecule has 0 fully saturated rings. The van der Waals surface area contributed by atoms with E-state index in [0.29, 0.717) is 22.9 Å². The predicted octanol–water partition coefficient (Wildman–Crippen LogP) is 2.55. The number of anilines is 1. The number of aryl methyl sites for hydroxylation is 1. The number of ether oxygens (including phenoxy) is 2. The first-order valence-electron chi connectivity index (χ1n) is 10.3. The van der Waals surface area contributed by atoms with Crippen LogP contribution in [0.1, 0.15) is 18.4 Å². The molecule has 1 unspecified atom stereocenters. The van der Waals surface area contributed by atoms with Crippen molar-refractivity contribution in [2.75, 3.05) is 18.9 Å². The van der Waals surface area contributed by atoms with Crippen molar-refractivity contribution in [1.82, 2.24) is 29.9 Å². The van der Waals surface area contributed by atoms with Gasteiger partial charge in [0.05, 0.1) is 37.6 Å². The van der Waals surface area contributed by atoms with Crippen LogP contribution in [0.15, 0.2) is 41.2 Å². The molecule has 14 heteroatoms. The fourth-order valence-electron chi connectivity index (χ4n) is 3.28. The molecular weight excluding hydrogens is 481 g/mol. The molecule has 0 spiro atoms. The zero-order valence-electron chi connectivity index (χ0n) is 19.3. The minimum Gasteiger partial charge on any atom is -0.494 e. The number of nitrogens with zero attached hydrogens (tertiary/aromatic N) is 6. The molecular formula is C21H22FN7O5S. The number of rotatable bonds is 9. The fraction of sp³-hybridized carbons (Fsp3) is 0.286. The minimum absolute atomic E-state index is 0.0596. The third-order valence-corrected chi connectivity index (χ3v) is 6.74. The molecule has 0 radical (unpaired) electrons. The average molecular weight is 504 g/mol. The van der Waals surface area contributed by atoms with E-state index in [1.807, 2.05) is 0 Å². The molecule has 0 aliphatic heterocycles. The molecule has 0 saturated carbocycles. The van der Waals surface area contributed by atoms with Gasteiger partial charge in [0, 0.05) is 12.5 Å². The molecule has 0 aliphatic carbocycles. The maximum Gasteiger partial charge on any atom is 0.243 e. The number of hydrogen-bond acceptors (Lipinski definition) is 10. The zero-order chi connectivity index (χ0) is 25.2. The fourth-order valence-corrected chi connectivity index (χ4v) is 4.24. The summed E-state index contributed by atoms with van der Waals surface area (Å²) in [6.45, 7) is 3.21. The highest BCUT2D eigenvalue weighted by Crippen LogP contribution is 2.37. The molecule has 12 nitrogen and oxygen atoms in total. The lowest BCUT2D eigenvalue weighted by molar-refractivity contribution is 0.390. The summed E-state index contributed by atoms with van der Waals surface area (Å²) in [5.74, 6) is 0.585. The first kappa shape index (κ1) is 24.1. The number of nitrogens with one attached hydrogen (secondary N) is 1. The van der Waals surface area contributed by atoms with E-state index in [9.17, 15) is 12.8 Å². The monoisotopic (exact) mass is 503 g/mol. The summed E-state index contributed by atoms with van der Waals surface area (Å²) >= 11 is 0. The van der Waals surface area contributed by atoms with Crippen LogP contribution in [0, 0.1) is 12.7 Å². The van der Waals surface area contributed by atoms with Crippen molar-refractivity contribution in [3.63, 3.8) is 0 Å². The minimum atomic E-state index is -4.03. The molecule has 3 heterocycles.